The highest BCUT2D eigenvalue weighted by atomic mass is 16.4. The fraction of sp³-hybridized carbons (Fsp3) is 0.0909. The third-order valence-corrected chi connectivity index (χ3v) is 1.78. The Hall–Kier alpha value is -2.10. The van der Waals surface area contributed by atoms with Crippen LogP contribution in [0.3, 0.4) is 0 Å². The van der Waals surface area contributed by atoms with Crippen LogP contribution < -0.4 is 5.73 Å². The number of ketones is 1. The van der Waals surface area contributed by atoms with Gasteiger partial charge in [-0.3, -0.25) is 4.79 Å². The van der Waals surface area contributed by atoms with Crippen LogP contribution in [0, 0.1) is 0 Å². The van der Waals surface area contributed by atoms with E-state index in [1.54, 1.807) is 12.1 Å². The van der Waals surface area contributed by atoms with Gasteiger partial charge in [-0.25, -0.2) is 4.79 Å². The van der Waals surface area contributed by atoms with E-state index in [-0.39, 0.29) is 12.2 Å². The molecule has 1 aromatic rings. The highest BCUT2D eigenvalue weighted by Gasteiger charge is 2.05. The van der Waals surface area contributed by atoms with Gasteiger partial charge in [0, 0.05) is 12.5 Å². The van der Waals surface area contributed by atoms with Gasteiger partial charge in [0.2, 0.25) is 0 Å². The predicted octanol–water partition coefficient (Wildman–Crippen LogP) is 0.725. The first-order chi connectivity index (χ1) is 7.09. The lowest BCUT2D eigenvalue weighted by Gasteiger charge is -1.97. The van der Waals surface area contributed by atoms with Crippen molar-refractivity contribution in [2.24, 2.45) is 5.73 Å². The van der Waals surface area contributed by atoms with Crippen LogP contribution in [0.5, 0.6) is 0 Å². The maximum atomic E-state index is 11.3. The Bertz CT molecular complexity index is 396. The molecule has 0 aromatic heterocycles. The van der Waals surface area contributed by atoms with Crippen molar-refractivity contribution in [1.82, 2.24) is 0 Å². The maximum Gasteiger partial charge on any atom is 0.351 e. The van der Waals surface area contributed by atoms with Crippen molar-refractivity contribution in [1.29, 1.82) is 0 Å². The molecule has 0 aliphatic rings. The topological polar surface area (TPSA) is 80.4 Å². The quantitative estimate of drug-likeness (QED) is 0.710. The maximum absolute atomic E-state index is 11.3. The monoisotopic (exact) mass is 205 g/mol. The van der Waals surface area contributed by atoms with E-state index in [4.69, 9.17) is 10.8 Å². The molecule has 0 saturated heterocycles. The van der Waals surface area contributed by atoms with Crippen LogP contribution in [-0.2, 0) is 16.0 Å². The van der Waals surface area contributed by atoms with Crippen LogP contribution in [0.2, 0.25) is 0 Å². The average Bonchev–Trinajstić information content (AvgIpc) is 2.18. The van der Waals surface area contributed by atoms with Gasteiger partial charge in [-0.15, -0.1) is 0 Å². The first kappa shape index (κ1) is 11.0. The van der Waals surface area contributed by atoms with Gasteiger partial charge in [0.05, 0.1) is 0 Å². The standard InChI is InChI=1S/C11H11NO3/c12-10(11(14)15)7-9(13)6-8-4-2-1-3-5-8/h1-5,7H,6,12H2,(H,14,15). The lowest BCUT2D eigenvalue weighted by Crippen LogP contribution is -2.13. The second kappa shape index (κ2) is 4.95. The number of carbonyl (C=O) groups excluding carboxylic acids is 1. The summed E-state index contributed by atoms with van der Waals surface area (Å²) in [6.07, 6.45) is 1.10. The van der Waals surface area contributed by atoms with Crippen molar-refractivity contribution in [2.45, 2.75) is 6.42 Å². The lowest BCUT2D eigenvalue weighted by molar-refractivity contribution is -0.133. The predicted molar refractivity (Wildman–Crippen MR) is 55.1 cm³/mol. The molecular formula is C11H11NO3. The molecule has 0 unspecified atom stereocenters. The smallest absolute Gasteiger partial charge is 0.351 e. The van der Waals surface area contributed by atoms with Crippen LogP contribution in [-0.4, -0.2) is 16.9 Å². The van der Waals surface area contributed by atoms with Crippen molar-refractivity contribution in [3.05, 3.63) is 47.7 Å². The highest BCUT2D eigenvalue weighted by Crippen LogP contribution is 2.01. The largest absolute Gasteiger partial charge is 0.477 e. The summed E-state index contributed by atoms with van der Waals surface area (Å²) in [7, 11) is 0. The second-order valence-corrected chi connectivity index (χ2v) is 3.03. The third-order valence-electron chi connectivity index (χ3n) is 1.78. The highest BCUT2D eigenvalue weighted by molar-refractivity contribution is 5.98. The summed E-state index contributed by atoms with van der Waals surface area (Å²) in [5.74, 6) is -1.60. The second-order valence-electron chi connectivity index (χ2n) is 3.03. The molecule has 1 rings (SSSR count). The number of carboxylic acid groups (broad SMARTS) is 1. The molecule has 0 saturated carbocycles. The minimum atomic E-state index is -1.28. The molecule has 0 aliphatic carbocycles. The Morgan fingerprint density at radius 3 is 2.40 bits per heavy atom. The van der Waals surface area contributed by atoms with Gasteiger partial charge in [-0.2, -0.15) is 0 Å². The van der Waals surface area contributed by atoms with Crippen LogP contribution >= 0.6 is 0 Å². The molecular weight excluding hydrogens is 194 g/mol. The van der Waals surface area contributed by atoms with E-state index in [2.05, 4.69) is 0 Å². The molecule has 0 amide bonds. The van der Waals surface area contributed by atoms with E-state index in [1.165, 1.54) is 0 Å². The number of rotatable bonds is 4. The van der Waals surface area contributed by atoms with Crippen molar-refractivity contribution < 1.29 is 14.7 Å². The van der Waals surface area contributed by atoms with Crippen LogP contribution in [0.15, 0.2) is 42.1 Å². The Kier molecular flexibility index (Phi) is 3.62. The molecule has 0 aliphatic heterocycles. The summed E-state index contributed by atoms with van der Waals surface area (Å²) in [4.78, 5) is 21.6. The summed E-state index contributed by atoms with van der Waals surface area (Å²) in [5.41, 5.74) is 5.51. The van der Waals surface area contributed by atoms with Crippen molar-refractivity contribution in [3.8, 4) is 0 Å². The summed E-state index contributed by atoms with van der Waals surface area (Å²) >= 11 is 0. The zero-order valence-corrected chi connectivity index (χ0v) is 8.01. The molecule has 0 fully saturated rings. The van der Waals surface area contributed by atoms with Crippen LogP contribution in [0.25, 0.3) is 0 Å². The summed E-state index contributed by atoms with van der Waals surface area (Å²) < 4.78 is 0. The normalized spacial score (nSPS) is 11.1. The van der Waals surface area contributed by atoms with Gasteiger partial charge < -0.3 is 10.8 Å². The SMILES string of the molecule is NC(=CC(=O)Cc1ccccc1)C(=O)O. The average molecular weight is 205 g/mol. The third kappa shape index (κ3) is 3.64. The molecule has 78 valence electrons. The molecule has 0 radical (unpaired) electrons. The molecule has 0 spiro atoms. The van der Waals surface area contributed by atoms with E-state index in [0.717, 1.165) is 11.6 Å². The zero-order chi connectivity index (χ0) is 11.3. The summed E-state index contributed by atoms with van der Waals surface area (Å²) in [5, 5.41) is 8.45. The van der Waals surface area contributed by atoms with Gasteiger partial charge in [-0.1, -0.05) is 30.3 Å². The number of carbonyl (C=O) groups is 2. The van der Waals surface area contributed by atoms with E-state index in [0.29, 0.717) is 0 Å². The van der Waals surface area contributed by atoms with Gasteiger partial charge in [0.1, 0.15) is 5.70 Å². The van der Waals surface area contributed by atoms with E-state index >= 15 is 0 Å². The zero-order valence-electron chi connectivity index (χ0n) is 8.01. The fourth-order valence-electron chi connectivity index (χ4n) is 1.08. The number of aliphatic carboxylic acids is 1. The summed E-state index contributed by atoms with van der Waals surface area (Å²) in [6.45, 7) is 0. The van der Waals surface area contributed by atoms with Gasteiger partial charge in [-0.05, 0) is 5.56 Å². The van der Waals surface area contributed by atoms with E-state index in [1.807, 2.05) is 18.2 Å². The Morgan fingerprint density at radius 1 is 1.27 bits per heavy atom. The molecule has 4 heteroatoms. The van der Waals surface area contributed by atoms with Crippen molar-refractivity contribution >= 4 is 11.8 Å². The Morgan fingerprint density at radius 2 is 1.87 bits per heavy atom. The van der Waals surface area contributed by atoms with E-state index < -0.39 is 11.7 Å². The number of nitrogens with two attached hydrogens (primary N) is 1. The van der Waals surface area contributed by atoms with Crippen LogP contribution in [0.1, 0.15) is 5.56 Å². The molecule has 15 heavy (non-hydrogen) atoms. The number of benzene rings is 1. The first-order valence-electron chi connectivity index (χ1n) is 4.37. The fourth-order valence-corrected chi connectivity index (χ4v) is 1.08. The molecule has 1 aromatic carbocycles. The first-order valence-corrected chi connectivity index (χ1v) is 4.37. The number of allylic oxidation sites excluding steroid dienone is 1. The Labute approximate surface area is 87.0 Å². The van der Waals surface area contributed by atoms with Gasteiger partial charge in [0.15, 0.2) is 5.78 Å². The van der Waals surface area contributed by atoms with Crippen molar-refractivity contribution in [3.63, 3.8) is 0 Å². The minimum Gasteiger partial charge on any atom is -0.477 e. The molecule has 3 N–H and O–H groups in total. The Balaban J connectivity index is 2.65. The van der Waals surface area contributed by atoms with Crippen LogP contribution in [0.4, 0.5) is 0 Å². The number of hydrogen-bond acceptors (Lipinski definition) is 3. The van der Waals surface area contributed by atoms with Gasteiger partial charge in [0.25, 0.3) is 0 Å². The number of carboxylic acids is 1. The minimum absolute atomic E-state index is 0.162. The lowest BCUT2D eigenvalue weighted by atomic mass is 10.1. The number of hydrogen-bond donors (Lipinski definition) is 2. The summed E-state index contributed by atoms with van der Waals surface area (Å²) in [6, 6.07) is 9.06. The molecule has 0 atom stereocenters. The van der Waals surface area contributed by atoms with E-state index in [9.17, 15) is 9.59 Å². The van der Waals surface area contributed by atoms with Crippen molar-refractivity contribution in [2.75, 3.05) is 0 Å². The van der Waals surface area contributed by atoms with Gasteiger partial charge >= 0.3 is 5.97 Å². The molecule has 0 bridgehead atoms. The molecule has 0 heterocycles. The molecule has 4 nitrogen and oxygen atoms in total.